The van der Waals surface area contributed by atoms with Gasteiger partial charge in [0.2, 0.25) is 5.91 Å². The fraction of sp³-hybridized carbons (Fsp3) is 0.500. The van der Waals surface area contributed by atoms with Gasteiger partial charge in [0.25, 0.3) is 5.91 Å². The molecule has 0 bridgehead atoms. The second kappa shape index (κ2) is 6.27. The highest BCUT2D eigenvalue weighted by atomic mass is 32.1. The molecule has 0 spiro atoms. The summed E-state index contributed by atoms with van der Waals surface area (Å²) in [5, 5.41) is 6.56. The Morgan fingerprint density at radius 2 is 1.85 bits per heavy atom. The summed E-state index contributed by atoms with van der Waals surface area (Å²) < 4.78 is 5.02. The summed E-state index contributed by atoms with van der Waals surface area (Å²) in [6.45, 7) is 12.7. The normalized spacial score (nSPS) is 17.8. The Labute approximate surface area is 158 Å². The molecule has 2 heterocycles. The Morgan fingerprint density at radius 3 is 2.38 bits per heavy atom. The van der Waals surface area contributed by atoms with Gasteiger partial charge in [-0.2, -0.15) is 0 Å². The number of nitrogens with one attached hydrogen (secondary N) is 2. The van der Waals surface area contributed by atoms with Crippen molar-refractivity contribution in [3.63, 3.8) is 0 Å². The van der Waals surface area contributed by atoms with Crippen molar-refractivity contribution in [2.75, 3.05) is 5.32 Å². The SMILES string of the molecule is Cc1sc(NC(=O)C2C(C)(C)C2(C)C)c(C(=O)NCc2ccoc2)c1C. The Morgan fingerprint density at radius 1 is 1.19 bits per heavy atom. The lowest BCUT2D eigenvalue weighted by Crippen LogP contribution is -2.25. The molecule has 5 nitrogen and oxygen atoms in total. The van der Waals surface area contributed by atoms with E-state index < -0.39 is 0 Å². The summed E-state index contributed by atoms with van der Waals surface area (Å²) in [7, 11) is 0. The van der Waals surface area contributed by atoms with Gasteiger partial charge in [0, 0.05) is 22.9 Å². The highest BCUT2D eigenvalue weighted by Gasteiger charge is 2.68. The van der Waals surface area contributed by atoms with Crippen molar-refractivity contribution in [1.82, 2.24) is 5.32 Å². The van der Waals surface area contributed by atoms with E-state index in [0.29, 0.717) is 17.1 Å². The summed E-state index contributed by atoms with van der Waals surface area (Å²) in [5.41, 5.74) is 2.28. The van der Waals surface area contributed by atoms with Gasteiger partial charge >= 0.3 is 0 Å². The second-order valence-electron chi connectivity index (χ2n) is 8.17. The lowest BCUT2D eigenvalue weighted by Gasteiger charge is -2.09. The largest absolute Gasteiger partial charge is 0.472 e. The van der Waals surface area contributed by atoms with E-state index in [2.05, 4.69) is 38.3 Å². The van der Waals surface area contributed by atoms with Gasteiger partial charge in [0.1, 0.15) is 5.00 Å². The molecule has 2 N–H and O–H groups in total. The maximum Gasteiger partial charge on any atom is 0.254 e. The lowest BCUT2D eigenvalue weighted by molar-refractivity contribution is -0.118. The lowest BCUT2D eigenvalue weighted by atomic mass is 10.0. The van der Waals surface area contributed by atoms with Gasteiger partial charge in [-0.05, 0) is 36.3 Å². The summed E-state index contributed by atoms with van der Waals surface area (Å²) in [6, 6.07) is 1.81. The molecule has 0 radical (unpaired) electrons. The van der Waals surface area contributed by atoms with Gasteiger partial charge in [-0.25, -0.2) is 0 Å². The van der Waals surface area contributed by atoms with Crippen LogP contribution >= 0.6 is 11.3 Å². The van der Waals surface area contributed by atoms with Crippen molar-refractivity contribution >= 4 is 28.2 Å². The van der Waals surface area contributed by atoms with Crippen LogP contribution in [0.25, 0.3) is 0 Å². The Kier molecular flexibility index (Phi) is 4.51. The van der Waals surface area contributed by atoms with Crippen molar-refractivity contribution in [1.29, 1.82) is 0 Å². The summed E-state index contributed by atoms with van der Waals surface area (Å²) in [5.74, 6) is -0.248. The van der Waals surface area contributed by atoms with E-state index in [4.69, 9.17) is 4.42 Å². The zero-order valence-electron chi connectivity index (χ0n) is 16.1. The number of rotatable bonds is 5. The van der Waals surface area contributed by atoms with E-state index in [1.165, 1.54) is 11.3 Å². The summed E-state index contributed by atoms with van der Waals surface area (Å²) >= 11 is 1.46. The molecule has 1 aliphatic carbocycles. The average molecular weight is 375 g/mol. The molecule has 1 fully saturated rings. The first-order valence-corrected chi connectivity index (χ1v) is 9.59. The van der Waals surface area contributed by atoms with Gasteiger partial charge < -0.3 is 15.1 Å². The van der Waals surface area contributed by atoms with Crippen LogP contribution in [0.15, 0.2) is 23.0 Å². The van der Waals surface area contributed by atoms with E-state index in [-0.39, 0.29) is 28.6 Å². The number of amides is 2. The van der Waals surface area contributed by atoms with E-state index in [1.54, 1.807) is 12.5 Å². The van der Waals surface area contributed by atoms with Gasteiger partial charge in [-0.15, -0.1) is 11.3 Å². The van der Waals surface area contributed by atoms with Crippen molar-refractivity contribution < 1.29 is 14.0 Å². The maximum atomic E-state index is 12.8. The average Bonchev–Trinajstić information content (AvgIpc) is 2.97. The number of carbonyl (C=O) groups excluding carboxylic acids is 2. The molecule has 1 aliphatic rings. The maximum absolute atomic E-state index is 12.8. The molecule has 0 unspecified atom stereocenters. The highest BCUT2D eigenvalue weighted by molar-refractivity contribution is 7.16. The topological polar surface area (TPSA) is 71.3 Å². The Balaban J connectivity index is 1.77. The number of thiophene rings is 1. The number of hydrogen-bond acceptors (Lipinski definition) is 4. The van der Waals surface area contributed by atoms with Gasteiger partial charge in [-0.1, -0.05) is 27.7 Å². The third-order valence-corrected chi connectivity index (χ3v) is 7.29. The Hall–Kier alpha value is -2.08. The third kappa shape index (κ3) is 2.96. The minimum atomic E-state index is -0.183. The molecule has 0 aromatic carbocycles. The first-order chi connectivity index (χ1) is 12.1. The van der Waals surface area contributed by atoms with Crippen LogP contribution in [0.1, 0.15) is 54.1 Å². The van der Waals surface area contributed by atoms with Gasteiger partial charge in [-0.3, -0.25) is 9.59 Å². The van der Waals surface area contributed by atoms with Crippen LogP contribution in [-0.4, -0.2) is 11.8 Å². The molecule has 0 saturated heterocycles. The smallest absolute Gasteiger partial charge is 0.254 e. The zero-order chi connectivity index (χ0) is 19.3. The van der Waals surface area contributed by atoms with Crippen LogP contribution in [0.4, 0.5) is 5.00 Å². The van der Waals surface area contributed by atoms with E-state index in [1.807, 2.05) is 19.9 Å². The van der Waals surface area contributed by atoms with Crippen LogP contribution in [0, 0.1) is 30.6 Å². The molecule has 26 heavy (non-hydrogen) atoms. The number of furan rings is 1. The van der Waals surface area contributed by atoms with E-state index >= 15 is 0 Å². The molecular formula is C20H26N2O3S. The first-order valence-electron chi connectivity index (χ1n) is 8.77. The number of aryl methyl sites for hydroxylation is 1. The molecule has 140 valence electrons. The summed E-state index contributed by atoms with van der Waals surface area (Å²) in [6.07, 6.45) is 3.18. The van der Waals surface area contributed by atoms with Crippen LogP contribution in [0.3, 0.4) is 0 Å². The third-order valence-electron chi connectivity index (χ3n) is 6.17. The van der Waals surface area contributed by atoms with Crippen molar-refractivity contribution in [2.45, 2.75) is 48.1 Å². The summed E-state index contributed by atoms with van der Waals surface area (Å²) in [4.78, 5) is 26.6. The van der Waals surface area contributed by atoms with Crippen LogP contribution < -0.4 is 10.6 Å². The second-order valence-corrected chi connectivity index (χ2v) is 9.39. The van der Waals surface area contributed by atoms with Crippen LogP contribution in [-0.2, 0) is 11.3 Å². The van der Waals surface area contributed by atoms with Gasteiger partial charge in [0.05, 0.1) is 18.1 Å². The number of hydrogen-bond donors (Lipinski definition) is 2. The molecule has 0 aliphatic heterocycles. The fourth-order valence-electron chi connectivity index (χ4n) is 3.69. The van der Waals surface area contributed by atoms with Crippen LogP contribution in [0.2, 0.25) is 0 Å². The van der Waals surface area contributed by atoms with Crippen LogP contribution in [0.5, 0.6) is 0 Å². The predicted molar refractivity (Wildman–Crippen MR) is 103 cm³/mol. The van der Waals surface area contributed by atoms with Gasteiger partial charge in [0.15, 0.2) is 0 Å². The minimum absolute atomic E-state index is 0.00913. The molecule has 6 heteroatoms. The van der Waals surface area contributed by atoms with E-state index in [9.17, 15) is 9.59 Å². The minimum Gasteiger partial charge on any atom is -0.472 e. The standard InChI is InChI=1S/C20H26N2O3S/c1-11-12(2)26-18(22-17(24)15-19(3,4)20(15,5)6)14(11)16(23)21-9-13-7-8-25-10-13/h7-8,10,15H,9H2,1-6H3,(H,21,23)(H,22,24). The van der Waals surface area contributed by atoms with Crippen molar-refractivity contribution in [3.05, 3.63) is 40.2 Å². The first kappa shape index (κ1) is 18.7. The molecule has 0 atom stereocenters. The number of anilines is 1. The fourth-order valence-corrected chi connectivity index (χ4v) is 4.75. The molecule has 2 aromatic rings. The van der Waals surface area contributed by atoms with Crippen molar-refractivity contribution in [3.8, 4) is 0 Å². The number of carbonyl (C=O) groups is 2. The molecule has 3 rings (SSSR count). The predicted octanol–water partition coefficient (Wildman–Crippen LogP) is 4.51. The Bertz CT molecular complexity index is 833. The zero-order valence-corrected chi connectivity index (χ0v) is 17.0. The molecule has 2 aromatic heterocycles. The molecule has 2 amide bonds. The monoisotopic (exact) mass is 374 g/mol. The molecular weight excluding hydrogens is 348 g/mol. The van der Waals surface area contributed by atoms with Crippen molar-refractivity contribution in [2.24, 2.45) is 16.7 Å². The highest BCUT2D eigenvalue weighted by Crippen LogP contribution is 2.68. The van der Waals surface area contributed by atoms with E-state index in [0.717, 1.165) is 16.0 Å². The quantitative estimate of drug-likeness (QED) is 0.809. The molecule has 1 saturated carbocycles.